The molecule has 3 N–H and O–H groups in total. The SMILES string of the molecule is CC(C)(C)OC(=O)N1CCCC1.Nc1ccc(Cl)cc1-c1ncn[nH]1. The second kappa shape index (κ2) is 8.20. The number of carbonyl (C=O) groups excluding carboxylic acids is 1. The number of amides is 1. The van der Waals surface area contributed by atoms with Gasteiger partial charge < -0.3 is 15.4 Å². The molecule has 1 aromatic heterocycles. The Bertz CT molecular complexity index is 692. The Labute approximate surface area is 152 Å². The van der Waals surface area contributed by atoms with Gasteiger partial charge in [-0.1, -0.05) is 11.6 Å². The van der Waals surface area contributed by atoms with Crippen molar-refractivity contribution in [1.82, 2.24) is 20.1 Å². The summed E-state index contributed by atoms with van der Waals surface area (Å²) in [5, 5.41) is 7.08. The summed E-state index contributed by atoms with van der Waals surface area (Å²) >= 11 is 5.82. The van der Waals surface area contributed by atoms with E-state index in [1.54, 1.807) is 23.1 Å². The number of halogens is 1. The third-order valence-corrected chi connectivity index (χ3v) is 3.68. The molecule has 0 aliphatic carbocycles. The van der Waals surface area contributed by atoms with E-state index in [-0.39, 0.29) is 11.7 Å². The molecule has 1 aliphatic rings. The molecule has 2 heterocycles. The first-order valence-electron chi connectivity index (χ1n) is 8.15. The minimum atomic E-state index is -0.361. The third kappa shape index (κ3) is 5.94. The second-order valence-corrected chi connectivity index (χ2v) is 7.18. The average molecular weight is 366 g/mol. The lowest BCUT2D eigenvalue weighted by Gasteiger charge is -2.23. The van der Waals surface area contributed by atoms with Crippen molar-refractivity contribution < 1.29 is 9.53 Å². The number of nitrogens with two attached hydrogens (primary N) is 1. The van der Waals surface area contributed by atoms with Crippen LogP contribution in [0.2, 0.25) is 5.02 Å². The Hall–Kier alpha value is -2.28. The largest absolute Gasteiger partial charge is 0.444 e. The van der Waals surface area contributed by atoms with Crippen LogP contribution in [0.25, 0.3) is 11.4 Å². The number of ether oxygens (including phenoxy) is 1. The first kappa shape index (κ1) is 19.1. The van der Waals surface area contributed by atoms with E-state index in [4.69, 9.17) is 22.1 Å². The van der Waals surface area contributed by atoms with Crippen LogP contribution in [0, 0.1) is 0 Å². The molecule has 25 heavy (non-hydrogen) atoms. The minimum absolute atomic E-state index is 0.167. The van der Waals surface area contributed by atoms with Gasteiger partial charge in [-0.05, 0) is 51.8 Å². The quantitative estimate of drug-likeness (QED) is 0.750. The highest BCUT2D eigenvalue weighted by Gasteiger charge is 2.23. The van der Waals surface area contributed by atoms with E-state index in [2.05, 4.69) is 15.2 Å². The number of rotatable bonds is 1. The van der Waals surface area contributed by atoms with E-state index in [9.17, 15) is 4.79 Å². The Balaban J connectivity index is 0.000000181. The number of nitrogens with one attached hydrogen (secondary N) is 1. The van der Waals surface area contributed by atoms with Crippen molar-refractivity contribution in [3.8, 4) is 11.4 Å². The molecular weight excluding hydrogens is 342 g/mol. The monoisotopic (exact) mass is 365 g/mol. The molecule has 0 spiro atoms. The van der Waals surface area contributed by atoms with Crippen LogP contribution in [0.3, 0.4) is 0 Å². The lowest BCUT2D eigenvalue weighted by molar-refractivity contribution is 0.0295. The van der Waals surface area contributed by atoms with E-state index in [0.29, 0.717) is 16.5 Å². The molecule has 0 unspecified atom stereocenters. The maximum absolute atomic E-state index is 11.4. The summed E-state index contributed by atoms with van der Waals surface area (Å²) in [4.78, 5) is 17.1. The molecule has 2 aromatic rings. The van der Waals surface area contributed by atoms with E-state index >= 15 is 0 Å². The number of aromatic nitrogens is 3. The van der Waals surface area contributed by atoms with E-state index in [1.807, 2.05) is 20.8 Å². The van der Waals surface area contributed by atoms with Crippen molar-refractivity contribution in [2.24, 2.45) is 0 Å². The Kier molecular flexibility index (Phi) is 6.25. The summed E-state index contributed by atoms with van der Waals surface area (Å²) in [5.74, 6) is 0.625. The predicted molar refractivity (Wildman–Crippen MR) is 98.3 cm³/mol. The van der Waals surface area contributed by atoms with Gasteiger partial charge in [-0.25, -0.2) is 9.78 Å². The van der Waals surface area contributed by atoms with Gasteiger partial charge in [0, 0.05) is 29.4 Å². The van der Waals surface area contributed by atoms with Crippen molar-refractivity contribution in [3.05, 3.63) is 29.5 Å². The van der Waals surface area contributed by atoms with Crippen LogP contribution in [-0.2, 0) is 4.74 Å². The molecule has 3 rings (SSSR count). The smallest absolute Gasteiger partial charge is 0.410 e. The molecule has 0 bridgehead atoms. The summed E-state index contributed by atoms with van der Waals surface area (Å²) in [6, 6.07) is 5.22. The first-order valence-corrected chi connectivity index (χ1v) is 8.53. The number of benzene rings is 1. The number of anilines is 1. The molecular formula is C17H24ClN5O2. The molecule has 0 saturated carbocycles. The van der Waals surface area contributed by atoms with Gasteiger partial charge in [-0.15, -0.1) is 0 Å². The number of H-pyrrole nitrogens is 1. The number of hydrogen-bond donors (Lipinski definition) is 2. The fourth-order valence-electron chi connectivity index (χ4n) is 2.30. The van der Waals surface area contributed by atoms with Gasteiger partial charge >= 0.3 is 6.09 Å². The maximum Gasteiger partial charge on any atom is 0.410 e. The van der Waals surface area contributed by atoms with Gasteiger partial charge in [-0.3, -0.25) is 5.10 Å². The van der Waals surface area contributed by atoms with Gasteiger partial charge in [0.25, 0.3) is 0 Å². The van der Waals surface area contributed by atoms with E-state index in [1.165, 1.54) is 6.33 Å². The molecule has 0 radical (unpaired) electrons. The first-order chi connectivity index (χ1) is 11.8. The van der Waals surface area contributed by atoms with Crippen LogP contribution in [-0.4, -0.2) is 44.9 Å². The molecule has 1 aromatic carbocycles. The summed E-state index contributed by atoms with van der Waals surface area (Å²) < 4.78 is 5.21. The number of hydrogen-bond acceptors (Lipinski definition) is 5. The van der Waals surface area contributed by atoms with Crippen molar-refractivity contribution in [1.29, 1.82) is 0 Å². The second-order valence-electron chi connectivity index (χ2n) is 6.74. The van der Waals surface area contributed by atoms with Crippen LogP contribution in [0.15, 0.2) is 24.5 Å². The summed E-state index contributed by atoms with van der Waals surface area (Å²) in [6.07, 6.45) is 3.48. The number of nitrogens with zero attached hydrogens (tertiary/aromatic N) is 3. The highest BCUT2D eigenvalue weighted by atomic mass is 35.5. The lowest BCUT2D eigenvalue weighted by atomic mass is 10.2. The minimum Gasteiger partial charge on any atom is -0.444 e. The standard InChI is InChI=1S/C9H17NO2.C8H7ClN4/c1-9(2,3)12-8(11)10-6-4-5-7-10;9-5-1-2-7(10)6(3-5)8-11-4-12-13-8/h4-7H2,1-3H3;1-4H,10H2,(H,11,12,13). The topological polar surface area (TPSA) is 97.1 Å². The number of likely N-dealkylation sites (tertiary alicyclic amines) is 1. The highest BCUT2D eigenvalue weighted by Crippen LogP contribution is 2.25. The molecule has 1 amide bonds. The van der Waals surface area contributed by atoms with E-state index < -0.39 is 0 Å². The fourth-order valence-corrected chi connectivity index (χ4v) is 2.47. The average Bonchev–Trinajstić information content (AvgIpc) is 3.21. The summed E-state index contributed by atoms with van der Waals surface area (Å²) in [7, 11) is 0. The van der Waals surface area contributed by atoms with Gasteiger partial charge in [0.15, 0.2) is 5.82 Å². The van der Waals surface area contributed by atoms with Crippen molar-refractivity contribution in [2.75, 3.05) is 18.8 Å². The molecule has 136 valence electrons. The third-order valence-electron chi connectivity index (χ3n) is 3.44. The van der Waals surface area contributed by atoms with Gasteiger partial charge in [0.05, 0.1) is 0 Å². The number of nitrogen functional groups attached to an aromatic ring is 1. The number of aromatic amines is 1. The van der Waals surface area contributed by atoms with Crippen LogP contribution < -0.4 is 5.73 Å². The Morgan fingerprint density at radius 3 is 2.56 bits per heavy atom. The van der Waals surface area contributed by atoms with Crippen molar-refractivity contribution in [2.45, 2.75) is 39.2 Å². The highest BCUT2D eigenvalue weighted by molar-refractivity contribution is 6.31. The number of carbonyl (C=O) groups is 1. The zero-order chi connectivity index (χ0) is 18.4. The summed E-state index contributed by atoms with van der Waals surface area (Å²) in [5.41, 5.74) is 6.77. The van der Waals surface area contributed by atoms with Crippen molar-refractivity contribution in [3.63, 3.8) is 0 Å². The lowest BCUT2D eigenvalue weighted by Crippen LogP contribution is -2.34. The molecule has 1 aliphatic heterocycles. The fraction of sp³-hybridized carbons (Fsp3) is 0.471. The van der Waals surface area contributed by atoms with Crippen LogP contribution in [0.4, 0.5) is 10.5 Å². The zero-order valence-electron chi connectivity index (χ0n) is 14.8. The van der Waals surface area contributed by atoms with Gasteiger partial charge in [-0.2, -0.15) is 5.10 Å². The summed E-state index contributed by atoms with van der Waals surface area (Å²) in [6.45, 7) is 7.38. The molecule has 0 atom stereocenters. The molecule has 1 saturated heterocycles. The van der Waals surface area contributed by atoms with Crippen LogP contribution in [0.1, 0.15) is 33.6 Å². The van der Waals surface area contributed by atoms with Crippen LogP contribution >= 0.6 is 11.6 Å². The molecule has 8 heteroatoms. The maximum atomic E-state index is 11.4. The van der Waals surface area contributed by atoms with Gasteiger partial charge in [0.1, 0.15) is 11.9 Å². The van der Waals surface area contributed by atoms with Crippen molar-refractivity contribution >= 4 is 23.4 Å². The predicted octanol–water partition coefficient (Wildman–Crippen LogP) is 3.72. The molecule has 1 fully saturated rings. The Morgan fingerprint density at radius 2 is 2.00 bits per heavy atom. The van der Waals surface area contributed by atoms with Crippen LogP contribution in [0.5, 0.6) is 0 Å². The zero-order valence-corrected chi connectivity index (χ0v) is 15.5. The van der Waals surface area contributed by atoms with Gasteiger partial charge in [0.2, 0.25) is 0 Å². The molecule has 7 nitrogen and oxygen atoms in total. The normalized spacial score (nSPS) is 14.0. The van der Waals surface area contributed by atoms with E-state index in [0.717, 1.165) is 31.5 Å². The Morgan fingerprint density at radius 1 is 1.32 bits per heavy atom.